The number of aromatic nitrogens is 1. The summed E-state index contributed by atoms with van der Waals surface area (Å²) in [4.78, 5) is 21.5. The zero-order valence-electron chi connectivity index (χ0n) is 16.6. The Balaban J connectivity index is 1.83. The molecule has 0 unspecified atom stereocenters. The summed E-state index contributed by atoms with van der Waals surface area (Å²) in [5.41, 5.74) is 1.63. The molecule has 2 N–H and O–H groups in total. The van der Waals surface area contributed by atoms with Crippen LogP contribution in [0.15, 0.2) is 71.9 Å². The molecule has 0 aliphatic carbocycles. The van der Waals surface area contributed by atoms with E-state index in [1.807, 2.05) is 18.2 Å². The summed E-state index contributed by atoms with van der Waals surface area (Å²) >= 11 is 0. The van der Waals surface area contributed by atoms with Crippen LogP contribution in [0.5, 0.6) is 11.5 Å². The largest absolute Gasteiger partial charge is 0.497 e. The summed E-state index contributed by atoms with van der Waals surface area (Å²) in [7, 11) is 3.01. The van der Waals surface area contributed by atoms with E-state index in [2.05, 4.69) is 20.6 Å². The maximum atomic E-state index is 13.2. The number of anilines is 1. The Morgan fingerprint density at radius 2 is 1.73 bits per heavy atom. The highest BCUT2D eigenvalue weighted by atomic mass is 19.1. The Bertz CT molecular complexity index is 1000. The number of methoxy groups -OCH3 is 2. The number of ether oxygens (including phenoxy) is 2. The van der Waals surface area contributed by atoms with E-state index in [1.54, 1.807) is 36.5 Å². The van der Waals surface area contributed by atoms with Crippen LogP contribution in [0.3, 0.4) is 0 Å². The Hall–Kier alpha value is -3.94. The molecule has 1 aromatic heterocycles. The second-order valence-corrected chi connectivity index (χ2v) is 6.17. The lowest BCUT2D eigenvalue weighted by atomic mass is 10.2. The van der Waals surface area contributed by atoms with Crippen LogP contribution in [-0.4, -0.2) is 31.1 Å². The molecule has 1 amide bonds. The summed E-state index contributed by atoms with van der Waals surface area (Å²) in [6, 6.07) is 16.1. The summed E-state index contributed by atoms with van der Waals surface area (Å²) in [5.74, 6) is 0.386. The van der Waals surface area contributed by atoms with E-state index in [0.717, 1.165) is 5.69 Å². The van der Waals surface area contributed by atoms with Gasteiger partial charge < -0.3 is 14.8 Å². The molecular formula is C22H21FN4O3. The van der Waals surface area contributed by atoms with Gasteiger partial charge in [0.1, 0.15) is 17.3 Å². The quantitative estimate of drug-likeness (QED) is 0.481. The van der Waals surface area contributed by atoms with Gasteiger partial charge in [-0.05, 0) is 48.5 Å². The molecule has 1 heterocycles. The third kappa shape index (κ3) is 5.78. The second-order valence-electron chi connectivity index (χ2n) is 6.17. The number of carbonyl (C=O) groups is 1. The molecule has 0 atom stereocenters. The van der Waals surface area contributed by atoms with Gasteiger partial charge in [-0.15, -0.1) is 0 Å². The fourth-order valence-electron chi connectivity index (χ4n) is 2.55. The minimum atomic E-state index is -0.415. The van der Waals surface area contributed by atoms with E-state index in [-0.39, 0.29) is 18.3 Å². The molecule has 30 heavy (non-hydrogen) atoms. The fraction of sp³-hybridized carbons (Fsp3) is 0.136. The van der Waals surface area contributed by atoms with Crippen molar-refractivity contribution < 1.29 is 18.7 Å². The lowest BCUT2D eigenvalue weighted by molar-refractivity contribution is 0.0976. The smallest absolute Gasteiger partial charge is 0.258 e. The number of hydrogen-bond donors (Lipinski definition) is 2. The van der Waals surface area contributed by atoms with Gasteiger partial charge in [-0.1, -0.05) is 6.07 Å². The fourth-order valence-corrected chi connectivity index (χ4v) is 2.55. The van der Waals surface area contributed by atoms with Gasteiger partial charge in [0.2, 0.25) is 5.96 Å². The average Bonchev–Trinajstić information content (AvgIpc) is 2.79. The minimum absolute atomic E-state index is 0.194. The summed E-state index contributed by atoms with van der Waals surface area (Å²) in [6.07, 6.45) is 1.67. The zero-order valence-corrected chi connectivity index (χ0v) is 16.6. The average molecular weight is 408 g/mol. The molecule has 0 saturated carbocycles. The molecule has 3 aromatic rings. The topological polar surface area (TPSA) is 84.8 Å². The van der Waals surface area contributed by atoms with Crippen LogP contribution < -0.4 is 20.1 Å². The van der Waals surface area contributed by atoms with Gasteiger partial charge in [0.05, 0.1) is 26.5 Å². The van der Waals surface area contributed by atoms with Crippen molar-refractivity contribution >= 4 is 17.6 Å². The van der Waals surface area contributed by atoms with E-state index in [0.29, 0.717) is 22.7 Å². The number of pyridine rings is 1. The first-order chi connectivity index (χ1) is 14.6. The molecule has 154 valence electrons. The molecule has 3 rings (SSSR count). The van der Waals surface area contributed by atoms with Crippen LogP contribution in [0.2, 0.25) is 0 Å². The number of benzene rings is 2. The number of hydrogen-bond acceptors (Lipinski definition) is 5. The molecule has 0 radical (unpaired) electrons. The molecule has 0 aliphatic rings. The Morgan fingerprint density at radius 3 is 2.33 bits per heavy atom. The van der Waals surface area contributed by atoms with Crippen molar-refractivity contribution in [3.05, 3.63) is 83.9 Å². The number of nitrogens with zero attached hydrogens (tertiary/aromatic N) is 2. The first-order valence-electron chi connectivity index (χ1n) is 9.09. The number of carbonyl (C=O) groups excluding carboxylic acids is 1. The van der Waals surface area contributed by atoms with Crippen LogP contribution in [0.4, 0.5) is 10.1 Å². The molecule has 0 bridgehead atoms. The lowest BCUT2D eigenvalue weighted by Gasteiger charge is -2.13. The summed E-state index contributed by atoms with van der Waals surface area (Å²) in [5, 5.41) is 5.73. The van der Waals surface area contributed by atoms with Crippen molar-refractivity contribution in [3.63, 3.8) is 0 Å². The van der Waals surface area contributed by atoms with Crippen molar-refractivity contribution in [1.82, 2.24) is 10.3 Å². The number of aliphatic imine (C=N–C) groups is 1. The molecule has 8 heteroatoms. The number of nitrogens with one attached hydrogen (secondary N) is 2. The van der Waals surface area contributed by atoms with Gasteiger partial charge in [0.25, 0.3) is 5.91 Å². The molecule has 2 aromatic carbocycles. The van der Waals surface area contributed by atoms with Crippen LogP contribution in [0.1, 0.15) is 16.1 Å². The van der Waals surface area contributed by atoms with E-state index < -0.39 is 5.91 Å². The van der Waals surface area contributed by atoms with Crippen molar-refractivity contribution in [1.29, 1.82) is 0 Å². The van der Waals surface area contributed by atoms with E-state index in [9.17, 15) is 9.18 Å². The third-order valence-electron chi connectivity index (χ3n) is 4.08. The lowest BCUT2D eigenvalue weighted by Crippen LogP contribution is -2.36. The summed E-state index contributed by atoms with van der Waals surface area (Å²) in [6.45, 7) is 0.242. The molecule has 0 fully saturated rings. The SMILES string of the molecule is COc1cc(OC)cc(C(=O)NC(=NCc2ccccn2)Nc2ccc(F)cc2)c1. The predicted molar refractivity (Wildman–Crippen MR) is 112 cm³/mol. The van der Waals surface area contributed by atoms with Crippen molar-refractivity contribution in [2.24, 2.45) is 4.99 Å². The molecule has 0 aliphatic heterocycles. The van der Waals surface area contributed by atoms with E-state index >= 15 is 0 Å². The zero-order chi connectivity index (χ0) is 21.3. The Morgan fingerprint density at radius 1 is 1.03 bits per heavy atom. The van der Waals surface area contributed by atoms with Gasteiger partial charge in [0, 0.05) is 23.5 Å². The van der Waals surface area contributed by atoms with Gasteiger partial charge in [-0.3, -0.25) is 15.1 Å². The highest BCUT2D eigenvalue weighted by Gasteiger charge is 2.13. The third-order valence-corrected chi connectivity index (χ3v) is 4.08. The number of halogens is 1. The standard InChI is InChI=1S/C22H21FN4O3/c1-29-19-11-15(12-20(13-19)30-2)21(28)27-22(25-14-18-5-3-4-10-24-18)26-17-8-6-16(23)7-9-17/h3-13H,14H2,1-2H3,(H2,25,26,27,28). The molecule has 0 spiro atoms. The maximum absolute atomic E-state index is 13.2. The second kappa shape index (κ2) is 10.0. The van der Waals surface area contributed by atoms with Gasteiger partial charge >= 0.3 is 0 Å². The summed E-state index contributed by atoms with van der Waals surface area (Å²) < 4.78 is 23.6. The normalized spacial score (nSPS) is 11.0. The van der Waals surface area contributed by atoms with E-state index in [4.69, 9.17) is 9.47 Å². The van der Waals surface area contributed by atoms with Crippen LogP contribution >= 0.6 is 0 Å². The van der Waals surface area contributed by atoms with E-state index in [1.165, 1.54) is 26.4 Å². The molecule has 7 nitrogen and oxygen atoms in total. The van der Waals surface area contributed by atoms with Gasteiger partial charge in [-0.2, -0.15) is 0 Å². The minimum Gasteiger partial charge on any atom is -0.497 e. The van der Waals surface area contributed by atoms with Gasteiger partial charge in [0.15, 0.2) is 0 Å². The number of guanidine groups is 1. The number of rotatable bonds is 6. The first-order valence-corrected chi connectivity index (χ1v) is 9.09. The molecular weight excluding hydrogens is 387 g/mol. The molecule has 0 saturated heterocycles. The van der Waals surface area contributed by atoms with Crippen LogP contribution in [0.25, 0.3) is 0 Å². The van der Waals surface area contributed by atoms with Crippen molar-refractivity contribution in [3.8, 4) is 11.5 Å². The monoisotopic (exact) mass is 408 g/mol. The number of amides is 1. The Kier molecular flexibility index (Phi) is 6.94. The predicted octanol–water partition coefficient (Wildman–Crippen LogP) is 3.64. The van der Waals surface area contributed by atoms with Crippen molar-refractivity contribution in [2.45, 2.75) is 6.54 Å². The van der Waals surface area contributed by atoms with Crippen LogP contribution in [-0.2, 0) is 6.54 Å². The Labute approximate surface area is 173 Å². The highest BCUT2D eigenvalue weighted by molar-refractivity contribution is 6.10. The van der Waals surface area contributed by atoms with Gasteiger partial charge in [-0.25, -0.2) is 9.38 Å². The maximum Gasteiger partial charge on any atom is 0.258 e. The first kappa shape index (κ1) is 20.8. The van der Waals surface area contributed by atoms with Crippen molar-refractivity contribution in [2.75, 3.05) is 19.5 Å². The van der Waals surface area contributed by atoms with Crippen LogP contribution in [0, 0.1) is 5.82 Å². The highest BCUT2D eigenvalue weighted by Crippen LogP contribution is 2.22.